The lowest BCUT2D eigenvalue weighted by molar-refractivity contribution is -0.243. The monoisotopic (exact) mass is 478 g/mol. The van der Waals surface area contributed by atoms with Crippen LogP contribution in [0.3, 0.4) is 0 Å². The summed E-state index contributed by atoms with van der Waals surface area (Å²) in [5.41, 5.74) is 0.174. The van der Waals surface area contributed by atoms with Crippen LogP contribution in [0.5, 0.6) is 0 Å². The van der Waals surface area contributed by atoms with Crippen molar-refractivity contribution in [1.29, 1.82) is 0 Å². The second-order valence-corrected chi connectivity index (χ2v) is 14.8. The van der Waals surface area contributed by atoms with Crippen molar-refractivity contribution in [1.82, 2.24) is 0 Å². The molecule has 0 aromatic rings. The van der Waals surface area contributed by atoms with Gasteiger partial charge in [-0.25, -0.2) is 0 Å². The number of methoxy groups -OCH3 is 1. The van der Waals surface area contributed by atoms with Gasteiger partial charge in [-0.2, -0.15) is 0 Å². The summed E-state index contributed by atoms with van der Waals surface area (Å²) in [5.74, 6) is 1.35. The Bertz CT molecular complexity index is 748. The van der Waals surface area contributed by atoms with Crippen molar-refractivity contribution < 1.29 is 20.1 Å². The Morgan fingerprint density at radius 1 is 0.912 bits per heavy atom. The molecule has 4 aliphatic carbocycles. The Hall–Kier alpha value is -0.160. The summed E-state index contributed by atoms with van der Waals surface area (Å²) in [5, 5.41) is 33.9. The van der Waals surface area contributed by atoms with Crippen molar-refractivity contribution in [2.75, 3.05) is 7.11 Å². The predicted octanol–water partition coefficient (Wildman–Crippen LogP) is 5.96. The van der Waals surface area contributed by atoms with Gasteiger partial charge < -0.3 is 20.1 Å². The van der Waals surface area contributed by atoms with Crippen LogP contribution >= 0.6 is 0 Å². The van der Waals surface area contributed by atoms with E-state index in [0.717, 1.165) is 51.4 Å². The van der Waals surface area contributed by atoms with Gasteiger partial charge in [0.15, 0.2) is 0 Å². The molecule has 4 heteroatoms. The number of aliphatic hydroxyl groups is 3. The molecular weight excluding hydrogens is 424 g/mol. The summed E-state index contributed by atoms with van der Waals surface area (Å²) < 4.78 is 5.57. The van der Waals surface area contributed by atoms with Crippen LogP contribution in [0.25, 0.3) is 0 Å². The fraction of sp³-hybridized carbons (Fsp3) is 1.00. The van der Waals surface area contributed by atoms with Crippen LogP contribution in [-0.2, 0) is 4.74 Å². The molecule has 10 atom stereocenters. The number of aliphatic hydroxyl groups excluding tert-OH is 3. The zero-order chi connectivity index (χ0) is 25.3. The zero-order valence-electron chi connectivity index (χ0n) is 23.4. The second-order valence-electron chi connectivity index (χ2n) is 14.8. The van der Waals surface area contributed by atoms with Crippen LogP contribution in [0.2, 0.25) is 0 Å². The minimum atomic E-state index is -0.343. The van der Waals surface area contributed by atoms with E-state index in [1.807, 2.05) is 0 Å². The van der Waals surface area contributed by atoms with Gasteiger partial charge in [0.05, 0.1) is 23.9 Å². The van der Waals surface area contributed by atoms with Crippen molar-refractivity contribution in [3.63, 3.8) is 0 Å². The van der Waals surface area contributed by atoms with E-state index in [9.17, 15) is 15.3 Å². The molecule has 0 bridgehead atoms. The number of hydrogen-bond donors (Lipinski definition) is 3. The molecule has 0 saturated heterocycles. The fourth-order valence-electron chi connectivity index (χ4n) is 10.3. The molecular formula is C30H54O4. The van der Waals surface area contributed by atoms with Crippen molar-refractivity contribution >= 4 is 0 Å². The third-order valence-corrected chi connectivity index (χ3v) is 12.7. The molecule has 0 aromatic carbocycles. The van der Waals surface area contributed by atoms with Crippen molar-refractivity contribution in [3.05, 3.63) is 0 Å². The average molecular weight is 479 g/mol. The van der Waals surface area contributed by atoms with E-state index in [2.05, 4.69) is 48.5 Å². The van der Waals surface area contributed by atoms with Crippen molar-refractivity contribution in [2.45, 2.75) is 137 Å². The van der Waals surface area contributed by atoms with Crippen LogP contribution in [0.4, 0.5) is 0 Å². The second kappa shape index (κ2) is 8.71. The van der Waals surface area contributed by atoms with Gasteiger partial charge >= 0.3 is 0 Å². The average Bonchev–Trinajstić information content (AvgIpc) is 3.13. The largest absolute Gasteiger partial charge is 0.393 e. The maximum absolute atomic E-state index is 11.7. The highest BCUT2D eigenvalue weighted by atomic mass is 16.5. The first kappa shape index (κ1) is 26.9. The maximum Gasteiger partial charge on any atom is 0.0622 e. The molecule has 0 aliphatic heterocycles. The quantitative estimate of drug-likeness (QED) is 0.440. The molecule has 34 heavy (non-hydrogen) atoms. The maximum atomic E-state index is 11.7. The minimum absolute atomic E-state index is 0.0565. The molecule has 4 aliphatic rings. The summed E-state index contributed by atoms with van der Waals surface area (Å²) in [7, 11) is 1.76. The molecule has 198 valence electrons. The van der Waals surface area contributed by atoms with E-state index in [1.165, 1.54) is 12.8 Å². The van der Waals surface area contributed by atoms with Gasteiger partial charge in [-0.05, 0) is 123 Å². The standard InChI is InChI=1S/C30H54O4/c1-26(2,34-8)14-9-10-20(31)19-11-16-30(7)25(19)21(32)18-23-28(5)15-13-24(33)27(3,4)22(28)12-17-29(23,30)6/h19-25,31-33H,9-18H2,1-8H3/t19-,20-,21-,22+,23-,24+,25+,28+,29-,30-/m1/s1. The van der Waals surface area contributed by atoms with Gasteiger partial charge in [0, 0.05) is 7.11 Å². The fourth-order valence-corrected chi connectivity index (χ4v) is 10.3. The van der Waals surface area contributed by atoms with Gasteiger partial charge in [-0.1, -0.05) is 34.6 Å². The van der Waals surface area contributed by atoms with E-state index in [4.69, 9.17) is 4.74 Å². The first-order valence-corrected chi connectivity index (χ1v) is 14.2. The van der Waals surface area contributed by atoms with E-state index in [1.54, 1.807) is 7.11 Å². The van der Waals surface area contributed by atoms with Gasteiger partial charge in [0.25, 0.3) is 0 Å². The van der Waals surface area contributed by atoms with Crippen molar-refractivity contribution in [3.8, 4) is 0 Å². The Labute approximate surface area is 209 Å². The highest BCUT2D eigenvalue weighted by molar-refractivity contribution is 5.19. The molecule has 4 fully saturated rings. The molecule has 4 saturated carbocycles. The molecule has 4 rings (SSSR count). The molecule has 0 spiro atoms. The zero-order valence-corrected chi connectivity index (χ0v) is 23.4. The Kier molecular flexibility index (Phi) is 6.89. The predicted molar refractivity (Wildman–Crippen MR) is 137 cm³/mol. The SMILES string of the molecule is COC(C)(C)CCC[C@@H](O)[C@H]1CC[C@]2(C)[C@@H]1[C@H](O)C[C@@H]1[C@@]3(C)CC[C@H](O)C(C)(C)[C@@H]3CC[C@]12C. The first-order valence-electron chi connectivity index (χ1n) is 14.2. The number of fused-ring (bicyclic) bond motifs is 5. The summed E-state index contributed by atoms with van der Waals surface area (Å²) in [6, 6.07) is 0. The molecule has 0 unspecified atom stereocenters. The van der Waals surface area contributed by atoms with Gasteiger partial charge in [-0.3, -0.25) is 0 Å². The third-order valence-electron chi connectivity index (χ3n) is 12.7. The van der Waals surface area contributed by atoms with Crippen molar-refractivity contribution in [2.24, 2.45) is 45.3 Å². The van der Waals surface area contributed by atoms with Crippen LogP contribution in [-0.4, -0.2) is 46.3 Å². The third kappa shape index (κ3) is 3.84. The van der Waals surface area contributed by atoms with Crippen LogP contribution in [0, 0.1) is 45.3 Å². The van der Waals surface area contributed by atoms with Gasteiger partial charge in [0.2, 0.25) is 0 Å². The molecule has 3 N–H and O–H groups in total. The lowest BCUT2D eigenvalue weighted by atomic mass is 9.35. The minimum Gasteiger partial charge on any atom is -0.393 e. The number of hydrogen-bond acceptors (Lipinski definition) is 4. The summed E-state index contributed by atoms with van der Waals surface area (Å²) in [6.45, 7) is 16.3. The number of rotatable bonds is 6. The van der Waals surface area contributed by atoms with E-state index >= 15 is 0 Å². The van der Waals surface area contributed by atoms with E-state index in [-0.39, 0.29) is 57.4 Å². The lowest BCUT2D eigenvalue weighted by Gasteiger charge is -2.70. The Morgan fingerprint density at radius 2 is 1.56 bits per heavy atom. The van der Waals surface area contributed by atoms with Crippen LogP contribution < -0.4 is 0 Å². The summed E-state index contributed by atoms with van der Waals surface area (Å²) in [6.07, 6.45) is 9.08. The topological polar surface area (TPSA) is 69.9 Å². The smallest absolute Gasteiger partial charge is 0.0622 e. The lowest BCUT2D eigenvalue weighted by Crippen LogP contribution is -2.66. The van der Waals surface area contributed by atoms with E-state index in [0.29, 0.717) is 11.8 Å². The molecule has 0 heterocycles. The van der Waals surface area contributed by atoms with Crippen LogP contribution in [0.15, 0.2) is 0 Å². The highest BCUT2D eigenvalue weighted by Crippen LogP contribution is 2.75. The van der Waals surface area contributed by atoms with Crippen LogP contribution in [0.1, 0.15) is 113 Å². The Balaban J connectivity index is 1.57. The molecule has 0 amide bonds. The Morgan fingerprint density at radius 3 is 2.21 bits per heavy atom. The van der Waals surface area contributed by atoms with Gasteiger partial charge in [0.1, 0.15) is 0 Å². The summed E-state index contributed by atoms with van der Waals surface area (Å²) in [4.78, 5) is 0. The first-order chi connectivity index (χ1) is 15.6. The normalized spacial score (nSPS) is 49.1. The highest BCUT2D eigenvalue weighted by Gasteiger charge is 2.70. The summed E-state index contributed by atoms with van der Waals surface area (Å²) >= 11 is 0. The van der Waals surface area contributed by atoms with E-state index < -0.39 is 0 Å². The molecule has 0 aromatic heterocycles. The number of ether oxygens (including phenoxy) is 1. The molecule has 4 nitrogen and oxygen atoms in total. The molecule has 0 radical (unpaired) electrons. The van der Waals surface area contributed by atoms with Gasteiger partial charge in [-0.15, -0.1) is 0 Å².